The van der Waals surface area contributed by atoms with E-state index in [1.807, 2.05) is 18.5 Å². The third-order valence-corrected chi connectivity index (χ3v) is 3.20. The maximum Gasteiger partial charge on any atom is 0.137 e. The largest absolute Gasteiger partial charge is 0.346 e. The minimum absolute atomic E-state index is 0.690. The molecular formula is C16H23N3. The predicted octanol–water partition coefficient (Wildman–Crippen LogP) is 3.60. The van der Waals surface area contributed by atoms with Crippen molar-refractivity contribution in [1.29, 1.82) is 0 Å². The van der Waals surface area contributed by atoms with E-state index in [4.69, 9.17) is 0 Å². The zero-order valence-electron chi connectivity index (χ0n) is 12.0. The first-order valence-corrected chi connectivity index (χ1v) is 7.03. The number of rotatable bonds is 6. The number of hydrogen-bond acceptors (Lipinski definition) is 2. The molecule has 3 heteroatoms. The van der Waals surface area contributed by atoms with Crippen molar-refractivity contribution in [2.45, 2.75) is 27.2 Å². The Morgan fingerprint density at radius 1 is 1.47 bits per heavy atom. The second kappa shape index (κ2) is 6.53. The highest BCUT2D eigenvalue weighted by Gasteiger charge is 2.03. The Morgan fingerprint density at radius 3 is 3.05 bits per heavy atom. The van der Waals surface area contributed by atoms with Crippen molar-refractivity contribution in [2.75, 3.05) is 13.1 Å². The smallest absolute Gasteiger partial charge is 0.137 e. The minimum Gasteiger partial charge on any atom is -0.346 e. The molecule has 102 valence electrons. The Hall–Kier alpha value is -1.61. The van der Waals surface area contributed by atoms with Crippen LogP contribution in [0.15, 0.2) is 30.1 Å². The second-order valence-electron chi connectivity index (χ2n) is 5.32. The highest BCUT2D eigenvalue weighted by molar-refractivity contribution is 5.86. The van der Waals surface area contributed by atoms with Gasteiger partial charge in [-0.3, -0.25) is 0 Å². The number of hydrogen-bond donors (Lipinski definition) is 2. The zero-order valence-corrected chi connectivity index (χ0v) is 12.0. The van der Waals surface area contributed by atoms with Gasteiger partial charge in [0.15, 0.2) is 0 Å². The van der Waals surface area contributed by atoms with Gasteiger partial charge in [-0.2, -0.15) is 0 Å². The van der Waals surface area contributed by atoms with Crippen LogP contribution in [0.1, 0.15) is 32.8 Å². The predicted molar refractivity (Wildman–Crippen MR) is 82.1 cm³/mol. The zero-order chi connectivity index (χ0) is 13.7. The molecule has 19 heavy (non-hydrogen) atoms. The Morgan fingerprint density at radius 2 is 2.32 bits per heavy atom. The van der Waals surface area contributed by atoms with E-state index in [0.717, 1.165) is 25.2 Å². The molecule has 0 spiro atoms. The Kier molecular flexibility index (Phi) is 4.74. The fourth-order valence-corrected chi connectivity index (χ4v) is 2.12. The molecular weight excluding hydrogens is 234 g/mol. The van der Waals surface area contributed by atoms with Crippen molar-refractivity contribution in [3.8, 4) is 0 Å². The van der Waals surface area contributed by atoms with Crippen LogP contribution in [-0.4, -0.2) is 23.1 Å². The van der Waals surface area contributed by atoms with E-state index >= 15 is 0 Å². The molecule has 2 heterocycles. The van der Waals surface area contributed by atoms with Gasteiger partial charge in [0, 0.05) is 29.9 Å². The third kappa shape index (κ3) is 3.67. The molecule has 0 unspecified atom stereocenters. The van der Waals surface area contributed by atoms with Crippen LogP contribution in [0, 0.1) is 5.92 Å². The van der Waals surface area contributed by atoms with Gasteiger partial charge < -0.3 is 10.3 Å². The maximum absolute atomic E-state index is 4.32. The average molecular weight is 257 g/mol. The van der Waals surface area contributed by atoms with Gasteiger partial charge in [-0.25, -0.2) is 4.98 Å². The molecule has 0 saturated heterocycles. The number of H-pyrrole nitrogens is 1. The molecule has 0 aliphatic carbocycles. The summed E-state index contributed by atoms with van der Waals surface area (Å²) in [5.74, 6) is 0.690. The van der Waals surface area contributed by atoms with Gasteiger partial charge >= 0.3 is 0 Å². The number of fused-ring (bicyclic) bond motifs is 1. The first-order chi connectivity index (χ1) is 9.20. The van der Waals surface area contributed by atoms with Crippen LogP contribution in [0.3, 0.4) is 0 Å². The van der Waals surface area contributed by atoms with Crippen LogP contribution in [0.4, 0.5) is 0 Å². The number of nitrogens with zero attached hydrogens (tertiary/aromatic N) is 1. The van der Waals surface area contributed by atoms with E-state index in [1.54, 1.807) is 0 Å². The molecule has 0 radical (unpaired) electrons. The first kappa shape index (κ1) is 13.8. The monoisotopic (exact) mass is 257 g/mol. The molecule has 0 aromatic carbocycles. The normalized spacial score (nSPS) is 12.5. The second-order valence-corrected chi connectivity index (χ2v) is 5.32. The summed E-state index contributed by atoms with van der Waals surface area (Å²) in [6.45, 7) is 8.69. The highest BCUT2D eigenvalue weighted by atomic mass is 14.9. The lowest BCUT2D eigenvalue weighted by Gasteiger charge is -2.09. The third-order valence-electron chi connectivity index (χ3n) is 3.20. The molecule has 0 amide bonds. The Balaban J connectivity index is 2.13. The summed E-state index contributed by atoms with van der Waals surface area (Å²) in [7, 11) is 0. The number of nitrogens with one attached hydrogen (secondary N) is 2. The fraction of sp³-hybridized carbons (Fsp3) is 0.438. The number of aromatic nitrogens is 2. The Bertz CT molecular complexity index is 552. The van der Waals surface area contributed by atoms with Crippen LogP contribution in [0.2, 0.25) is 0 Å². The van der Waals surface area contributed by atoms with Crippen LogP contribution in [0.25, 0.3) is 17.1 Å². The maximum atomic E-state index is 4.32. The van der Waals surface area contributed by atoms with Crippen LogP contribution < -0.4 is 5.32 Å². The van der Waals surface area contributed by atoms with Crippen molar-refractivity contribution >= 4 is 17.1 Å². The molecule has 2 aromatic heterocycles. The lowest BCUT2D eigenvalue weighted by Crippen LogP contribution is -2.21. The quantitative estimate of drug-likeness (QED) is 0.830. The molecule has 0 fully saturated rings. The van der Waals surface area contributed by atoms with E-state index in [0.29, 0.717) is 5.92 Å². The van der Waals surface area contributed by atoms with Crippen LogP contribution in [-0.2, 0) is 0 Å². The van der Waals surface area contributed by atoms with Gasteiger partial charge in [0.05, 0.1) is 0 Å². The highest BCUT2D eigenvalue weighted by Crippen LogP contribution is 2.19. The lowest BCUT2D eigenvalue weighted by atomic mass is 10.1. The summed E-state index contributed by atoms with van der Waals surface area (Å²) in [5, 5.41) is 4.69. The van der Waals surface area contributed by atoms with Gasteiger partial charge in [-0.15, -0.1) is 0 Å². The Labute approximate surface area is 115 Å². The van der Waals surface area contributed by atoms with E-state index < -0.39 is 0 Å². The molecule has 2 aromatic rings. The molecule has 3 nitrogen and oxygen atoms in total. The summed E-state index contributed by atoms with van der Waals surface area (Å²) in [6, 6.07) is 4.09. The fourth-order valence-electron chi connectivity index (χ4n) is 2.12. The van der Waals surface area contributed by atoms with Gasteiger partial charge in [-0.1, -0.05) is 32.4 Å². The summed E-state index contributed by atoms with van der Waals surface area (Å²) >= 11 is 0. The molecule has 0 saturated carbocycles. The molecule has 2 rings (SSSR count). The summed E-state index contributed by atoms with van der Waals surface area (Å²) in [5.41, 5.74) is 3.61. The average Bonchev–Trinajstić information content (AvgIpc) is 2.80. The van der Waals surface area contributed by atoms with Crippen molar-refractivity contribution < 1.29 is 0 Å². The van der Waals surface area contributed by atoms with E-state index in [9.17, 15) is 0 Å². The minimum atomic E-state index is 0.690. The van der Waals surface area contributed by atoms with Crippen molar-refractivity contribution in [3.05, 3.63) is 35.7 Å². The topological polar surface area (TPSA) is 40.7 Å². The van der Waals surface area contributed by atoms with E-state index in [1.165, 1.54) is 16.5 Å². The molecule has 0 aliphatic heterocycles. The number of pyridine rings is 1. The van der Waals surface area contributed by atoms with E-state index in [-0.39, 0.29) is 0 Å². The first-order valence-electron chi connectivity index (χ1n) is 7.03. The van der Waals surface area contributed by atoms with Crippen molar-refractivity contribution in [1.82, 2.24) is 15.3 Å². The summed E-state index contributed by atoms with van der Waals surface area (Å²) < 4.78 is 0. The van der Waals surface area contributed by atoms with Gasteiger partial charge in [0.1, 0.15) is 5.65 Å². The molecule has 0 aliphatic rings. The lowest BCUT2D eigenvalue weighted by molar-refractivity contribution is 0.569. The molecule has 2 N–H and O–H groups in total. The standard InChI is InChI=1S/C16H23N3/c1-4-13(10-17-9-12(2)3)8-14-11-19-16-15(14)6-5-7-18-16/h5-8,11-12,17H,4,9-10H2,1-3H3,(H,18,19). The molecule has 0 atom stereocenters. The summed E-state index contributed by atoms with van der Waals surface area (Å²) in [4.78, 5) is 7.54. The van der Waals surface area contributed by atoms with Gasteiger partial charge in [-0.05, 0) is 31.0 Å². The summed E-state index contributed by atoms with van der Waals surface area (Å²) in [6.07, 6.45) is 7.19. The number of aromatic amines is 1. The van der Waals surface area contributed by atoms with Crippen molar-refractivity contribution in [2.24, 2.45) is 5.92 Å². The van der Waals surface area contributed by atoms with Gasteiger partial charge in [0.25, 0.3) is 0 Å². The van der Waals surface area contributed by atoms with Gasteiger partial charge in [0.2, 0.25) is 0 Å². The van der Waals surface area contributed by atoms with Crippen LogP contribution in [0.5, 0.6) is 0 Å². The molecule has 0 bridgehead atoms. The van der Waals surface area contributed by atoms with Crippen molar-refractivity contribution in [3.63, 3.8) is 0 Å². The SMILES string of the molecule is CCC(=Cc1c[nH]c2ncccc12)CNCC(C)C. The van der Waals surface area contributed by atoms with Crippen LogP contribution >= 0.6 is 0 Å². The van der Waals surface area contributed by atoms with E-state index in [2.05, 4.69) is 48.2 Å².